The Bertz CT molecular complexity index is 634. The van der Waals surface area contributed by atoms with E-state index in [1.165, 1.54) is 4.90 Å². The molecule has 0 spiro atoms. The van der Waals surface area contributed by atoms with Gasteiger partial charge in [0, 0.05) is 19.1 Å². The van der Waals surface area contributed by atoms with Crippen LogP contribution in [0.1, 0.15) is 25.3 Å². The smallest absolute Gasteiger partial charge is 0.417 e. The summed E-state index contributed by atoms with van der Waals surface area (Å²) < 4.78 is 10.2. The molecule has 0 aromatic heterocycles. The fourth-order valence-electron chi connectivity index (χ4n) is 3.25. The number of benzene rings is 1. The molecule has 1 aromatic rings. The molecule has 134 valence electrons. The minimum absolute atomic E-state index is 0.0536. The van der Waals surface area contributed by atoms with E-state index in [9.17, 15) is 14.4 Å². The van der Waals surface area contributed by atoms with E-state index in [1.807, 2.05) is 31.2 Å². The molecule has 0 bridgehead atoms. The normalized spacial score (nSPS) is 18.4. The zero-order valence-electron chi connectivity index (χ0n) is 14.3. The van der Waals surface area contributed by atoms with Gasteiger partial charge in [0.05, 0.1) is 13.0 Å². The number of piperidine rings is 1. The van der Waals surface area contributed by atoms with Gasteiger partial charge in [-0.1, -0.05) is 12.1 Å². The molecule has 1 aromatic carbocycles. The Morgan fingerprint density at radius 3 is 2.44 bits per heavy atom. The second-order valence-electron chi connectivity index (χ2n) is 6.18. The van der Waals surface area contributed by atoms with Crippen LogP contribution in [-0.2, 0) is 20.7 Å². The van der Waals surface area contributed by atoms with E-state index in [0.29, 0.717) is 39.0 Å². The predicted octanol–water partition coefficient (Wildman–Crippen LogP) is 1.60. The van der Waals surface area contributed by atoms with E-state index in [-0.39, 0.29) is 24.5 Å². The second kappa shape index (κ2) is 7.55. The summed E-state index contributed by atoms with van der Waals surface area (Å²) in [6.07, 6.45) is 0.956. The van der Waals surface area contributed by atoms with Gasteiger partial charge in [0.15, 0.2) is 6.61 Å². The Labute approximate surface area is 146 Å². The number of imide groups is 1. The molecule has 0 saturated carbocycles. The van der Waals surface area contributed by atoms with Gasteiger partial charge in [-0.25, -0.2) is 9.69 Å². The largest absolute Gasteiger partial charge is 0.494 e. The molecule has 0 radical (unpaired) electrons. The molecule has 0 unspecified atom stereocenters. The van der Waals surface area contributed by atoms with Crippen molar-refractivity contribution in [3.05, 3.63) is 29.8 Å². The monoisotopic (exact) mass is 346 g/mol. The summed E-state index contributed by atoms with van der Waals surface area (Å²) in [5.74, 6) is 0.559. The van der Waals surface area contributed by atoms with E-state index in [4.69, 9.17) is 9.47 Å². The molecule has 2 saturated heterocycles. The third kappa shape index (κ3) is 3.92. The quantitative estimate of drug-likeness (QED) is 0.809. The Morgan fingerprint density at radius 2 is 1.88 bits per heavy atom. The van der Waals surface area contributed by atoms with Crippen LogP contribution < -0.4 is 4.74 Å². The lowest BCUT2D eigenvalue weighted by molar-refractivity contribution is -0.132. The summed E-state index contributed by atoms with van der Waals surface area (Å²) in [6, 6.07) is 7.35. The standard InChI is InChI=1S/C18H22N2O5/c1-2-24-15-5-3-13(4-6-15)11-16(21)19-9-7-14(8-10-19)20-17(22)12-25-18(20)23/h3-6,14H,2,7-12H2,1H3. The molecule has 3 rings (SSSR count). The molecule has 7 nitrogen and oxygen atoms in total. The van der Waals surface area contributed by atoms with Crippen LogP contribution in [0.5, 0.6) is 5.75 Å². The summed E-state index contributed by atoms with van der Waals surface area (Å²) in [5.41, 5.74) is 0.939. The molecule has 7 heteroatoms. The molecular formula is C18H22N2O5. The first kappa shape index (κ1) is 17.3. The lowest BCUT2D eigenvalue weighted by atomic mass is 10.0. The van der Waals surface area contributed by atoms with Crippen LogP contribution in [0.2, 0.25) is 0 Å². The van der Waals surface area contributed by atoms with E-state index in [0.717, 1.165) is 11.3 Å². The van der Waals surface area contributed by atoms with Gasteiger partial charge in [-0.3, -0.25) is 9.59 Å². The SMILES string of the molecule is CCOc1ccc(CC(=O)N2CCC(N3C(=O)COC3=O)CC2)cc1. The molecule has 3 amide bonds. The number of amides is 3. The van der Waals surface area contributed by atoms with Gasteiger partial charge in [0.25, 0.3) is 5.91 Å². The van der Waals surface area contributed by atoms with Crippen molar-refractivity contribution in [3.8, 4) is 5.75 Å². The lowest BCUT2D eigenvalue weighted by Gasteiger charge is -2.34. The number of carbonyl (C=O) groups excluding carboxylic acids is 3. The highest BCUT2D eigenvalue weighted by Gasteiger charge is 2.38. The summed E-state index contributed by atoms with van der Waals surface area (Å²) in [4.78, 5) is 38.8. The van der Waals surface area contributed by atoms with Crippen molar-refractivity contribution < 1.29 is 23.9 Å². The summed E-state index contributed by atoms with van der Waals surface area (Å²) >= 11 is 0. The zero-order chi connectivity index (χ0) is 17.8. The van der Waals surface area contributed by atoms with Crippen molar-refractivity contribution in [1.82, 2.24) is 9.80 Å². The first-order valence-electron chi connectivity index (χ1n) is 8.57. The van der Waals surface area contributed by atoms with Gasteiger partial charge < -0.3 is 14.4 Å². The highest BCUT2D eigenvalue weighted by atomic mass is 16.6. The fraction of sp³-hybridized carbons (Fsp3) is 0.500. The first-order chi connectivity index (χ1) is 12.1. The van der Waals surface area contributed by atoms with E-state index < -0.39 is 6.09 Å². The second-order valence-corrected chi connectivity index (χ2v) is 6.18. The number of hydrogen-bond acceptors (Lipinski definition) is 5. The number of likely N-dealkylation sites (tertiary alicyclic amines) is 1. The van der Waals surface area contributed by atoms with Crippen LogP contribution in [0, 0.1) is 0 Å². The van der Waals surface area contributed by atoms with Gasteiger partial charge in [0.2, 0.25) is 5.91 Å². The van der Waals surface area contributed by atoms with Crippen molar-refractivity contribution in [2.24, 2.45) is 0 Å². The highest BCUT2D eigenvalue weighted by molar-refractivity contribution is 5.98. The van der Waals surface area contributed by atoms with E-state index >= 15 is 0 Å². The number of rotatable bonds is 5. The maximum atomic E-state index is 12.5. The lowest BCUT2D eigenvalue weighted by Crippen LogP contribution is -2.48. The molecule has 2 aliphatic heterocycles. The van der Waals surface area contributed by atoms with Crippen LogP contribution in [0.3, 0.4) is 0 Å². The van der Waals surface area contributed by atoms with Crippen LogP contribution in [0.15, 0.2) is 24.3 Å². The average Bonchev–Trinajstić information content (AvgIpc) is 2.95. The maximum absolute atomic E-state index is 12.5. The summed E-state index contributed by atoms with van der Waals surface area (Å²) in [6.45, 7) is 3.45. The molecule has 0 atom stereocenters. The molecule has 25 heavy (non-hydrogen) atoms. The van der Waals surface area contributed by atoms with Crippen LogP contribution in [0.4, 0.5) is 4.79 Å². The van der Waals surface area contributed by atoms with Crippen molar-refractivity contribution in [2.75, 3.05) is 26.3 Å². The van der Waals surface area contributed by atoms with Crippen LogP contribution in [-0.4, -0.2) is 60.1 Å². The number of cyclic esters (lactones) is 1. The van der Waals surface area contributed by atoms with Crippen LogP contribution >= 0.6 is 0 Å². The van der Waals surface area contributed by atoms with Crippen molar-refractivity contribution >= 4 is 17.9 Å². The number of ether oxygens (including phenoxy) is 2. The fourth-order valence-corrected chi connectivity index (χ4v) is 3.25. The summed E-state index contributed by atoms with van der Waals surface area (Å²) in [5, 5.41) is 0. The van der Waals surface area contributed by atoms with Gasteiger partial charge in [-0.2, -0.15) is 0 Å². The van der Waals surface area contributed by atoms with Crippen molar-refractivity contribution in [2.45, 2.75) is 32.2 Å². The third-order valence-electron chi connectivity index (χ3n) is 4.56. The number of carbonyl (C=O) groups is 3. The molecule has 0 aliphatic carbocycles. The predicted molar refractivity (Wildman–Crippen MR) is 89.1 cm³/mol. The Balaban J connectivity index is 1.51. The van der Waals surface area contributed by atoms with Gasteiger partial charge in [0.1, 0.15) is 5.75 Å². The van der Waals surface area contributed by atoms with E-state index in [1.54, 1.807) is 4.90 Å². The van der Waals surface area contributed by atoms with Gasteiger partial charge >= 0.3 is 6.09 Å². The molecular weight excluding hydrogens is 324 g/mol. The van der Waals surface area contributed by atoms with Crippen LogP contribution in [0.25, 0.3) is 0 Å². The molecule has 0 N–H and O–H groups in total. The molecule has 2 heterocycles. The Kier molecular flexibility index (Phi) is 5.21. The highest BCUT2D eigenvalue weighted by Crippen LogP contribution is 2.21. The molecule has 2 fully saturated rings. The maximum Gasteiger partial charge on any atom is 0.417 e. The minimum Gasteiger partial charge on any atom is -0.494 e. The zero-order valence-corrected chi connectivity index (χ0v) is 14.3. The van der Waals surface area contributed by atoms with Gasteiger partial charge in [-0.15, -0.1) is 0 Å². The number of nitrogens with zero attached hydrogens (tertiary/aromatic N) is 2. The summed E-state index contributed by atoms with van der Waals surface area (Å²) in [7, 11) is 0. The van der Waals surface area contributed by atoms with Gasteiger partial charge in [-0.05, 0) is 37.5 Å². The third-order valence-corrected chi connectivity index (χ3v) is 4.56. The topological polar surface area (TPSA) is 76.2 Å². The minimum atomic E-state index is -0.566. The van der Waals surface area contributed by atoms with Crippen molar-refractivity contribution in [3.63, 3.8) is 0 Å². The molecule has 2 aliphatic rings. The average molecular weight is 346 g/mol. The number of hydrogen-bond donors (Lipinski definition) is 0. The Hall–Kier alpha value is -2.57. The van der Waals surface area contributed by atoms with E-state index in [2.05, 4.69) is 0 Å². The Morgan fingerprint density at radius 1 is 1.20 bits per heavy atom. The first-order valence-corrected chi connectivity index (χ1v) is 8.57. The van der Waals surface area contributed by atoms with Crippen molar-refractivity contribution in [1.29, 1.82) is 0 Å².